The van der Waals surface area contributed by atoms with E-state index in [1.165, 1.54) is 4.31 Å². The molecule has 0 saturated heterocycles. The molecule has 0 spiro atoms. The van der Waals surface area contributed by atoms with Gasteiger partial charge < -0.3 is 0 Å². The molecule has 19 heavy (non-hydrogen) atoms. The number of sulfonamides is 1. The summed E-state index contributed by atoms with van der Waals surface area (Å²) in [7, 11) is -3.55. The van der Waals surface area contributed by atoms with Gasteiger partial charge in [0, 0.05) is 11.6 Å². The van der Waals surface area contributed by atoms with Gasteiger partial charge in [-0.05, 0) is 37.3 Å². The zero-order valence-electron chi connectivity index (χ0n) is 10.5. The van der Waals surface area contributed by atoms with Gasteiger partial charge in [-0.15, -0.1) is 0 Å². The summed E-state index contributed by atoms with van der Waals surface area (Å²) >= 11 is 5.92. The molecule has 0 heterocycles. The Morgan fingerprint density at radius 3 is 2.32 bits per heavy atom. The molecule has 0 radical (unpaired) electrons. The predicted molar refractivity (Wildman–Crippen MR) is 78.1 cm³/mol. The number of hydrogen-bond donors (Lipinski definition) is 0. The smallest absolute Gasteiger partial charge is 0.264 e. The van der Waals surface area contributed by atoms with Gasteiger partial charge in [0.1, 0.15) is 0 Å². The molecule has 0 aliphatic carbocycles. The third-order valence-electron chi connectivity index (χ3n) is 2.71. The molecule has 100 valence electrons. The van der Waals surface area contributed by atoms with Gasteiger partial charge in [0.15, 0.2) is 0 Å². The van der Waals surface area contributed by atoms with Crippen LogP contribution in [0.4, 0.5) is 5.69 Å². The molecule has 5 heteroatoms. The Labute approximate surface area is 118 Å². The highest BCUT2D eigenvalue weighted by Crippen LogP contribution is 2.25. The second-order valence-electron chi connectivity index (χ2n) is 3.96. The second-order valence-corrected chi connectivity index (χ2v) is 6.26. The van der Waals surface area contributed by atoms with Gasteiger partial charge in [-0.25, -0.2) is 8.42 Å². The van der Waals surface area contributed by atoms with Gasteiger partial charge in [0.2, 0.25) is 0 Å². The van der Waals surface area contributed by atoms with Crippen molar-refractivity contribution in [2.45, 2.75) is 11.8 Å². The van der Waals surface area contributed by atoms with E-state index >= 15 is 0 Å². The van der Waals surface area contributed by atoms with Crippen molar-refractivity contribution in [3.05, 3.63) is 59.6 Å². The molecule has 0 fully saturated rings. The Kier molecular flexibility index (Phi) is 4.12. The van der Waals surface area contributed by atoms with E-state index in [-0.39, 0.29) is 4.90 Å². The molecule has 0 aliphatic heterocycles. The van der Waals surface area contributed by atoms with Gasteiger partial charge in [0.05, 0.1) is 10.6 Å². The second kappa shape index (κ2) is 5.63. The first-order chi connectivity index (χ1) is 9.05. The number of nitrogens with zero attached hydrogens (tertiary/aromatic N) is 1. The van der Waals surface area contributed by atoms with E-state index < -0.39 is 10.0 Å². The zero-order chi connectivity index (χ0) is 13.9. The number of halogens is 1. The maximum Gasteiger partial charge on any atom is 0.264 e. The largest absolute Gasteiger partial charge is 0.267 e. The lowest BCUT2D eigenvalue weighted by Crippen LogP contribution is -2.30. The van der Waals surface area contributed by atoms with E-state index in [0.29, 0.717) is 17.3 Å². The van der Waals surface area contributed by atoms with Crippen LogP contribution in [0.5, 0.6) is 0 Å². The lowest BCUT2D eigenvalue weighted by molar-refractivity contribution is 0.592. The summed E-state index contributed by atoms with van der Waals surface area (Å²) in [5.41, 5.74) is 0.568. The highest BCUT2D eigenvalue weighted by atomic mass is 35.5. The topological polar surface area (TPSA) is 37.4 Å². The lowest BCUT2D eigenvalue weighted by atomic mass is 10.3. The molecule has 0 amide bonds. The van der Waals surface area contributed by atoms with Crippen molar-refractivity contribution in [3.8, 4) is 0 Å². The van der Waals surface area contributed by atoms with E-state index in [0.717, 1.165) is 0 Å². The molecule has 0 aromatic heterocycles. The number of anilines is 1. The van der Waals surface area contributed by atoms with E-state index in [1.54, 1.807) is 61.5 Å². The standard InChI is InChI=1S/C14H14ClNO2S/c1-2-16(13-8-6-7-12(15)11-13)19(17,18)14-9-4-3-5-10-14/h3-11H,2H2,1H3. The highest BCUT2D eigenvalue weighted by Gasteiger charge is 2.23. The molecular formula is C14H14ClNO2S. The monoisotopic (exact) mass is 295 g/mol. The van der Waals surface area contributed by atoms with Crippen molar-refractivity contribution < 1.29 is 8.42 Å². The fraction of sp³-hybridized carbons (Fsp3) is 0.143. The summed E-state index contributed by atoms with van der Waals surface area (Å²) in [6, 6.07) is 15.2. The van der Waals surface area contributed by atoms with Gasteiger partial charge >= 0.3 is 0 Å². The first kappa shape index (κ1) is 13.9. The van der Waals surface area contributed by atoms with Crippen molar-refractivity contribution >= 4 is 27.3 Å². The summed E-state index contributed by atoms with van der Waals surface area (Å²) in [5, 5.41) is 0.513. The Bertz CT molecular complexity index is 656. The third kappa shape index (κ3) is 2.91. The summed E-state index contributed by atoms with van der Waals surface area (Å²) in [6.07, 6.45) is 0. The average molecular weight is 296 g/mol. The number of benzene rings is 2. The highest BCUT2D eigenvalue weighted by molar-refractivity contribution is 7.92. The number of hydrogen-bond acceptors (Lipinski definition) is 2. The molecule has 2 rings (SSSR count). The number of rotatable bonds is 4. The average Bonchev–Trinajstić information content (AvgIpc) is 2.40. The molecule has 0 unspecified atom stereocenters. The summed E-state index contributed by atoms with van der Waals surface area (Å²) in [6.45, 7) is 2.14. The van der Waals surface area contributed by atoms with Crippen molar-refractivity contribution in [1.29, 1.82) is 0 Å². The van der Waals surface area contributed by atoms with Crippen LogP contribution >= 0.6 is 11.6 Å². The van der Waals surface area contributed by atoms with Crippen LogP contribution in [-0.2, 0) is 10.0 Å². The van der Waals surface area contributed by atoms with Crippen LogP contribution in [0, 0.1) is 0 Å². The molecule has 2 aromatic carbocycles. The molecule has 0 saturated carbocycles. The van der Waals surface area contributed by atoms with Crippen LogP contribution in [0.2, 0.25) is 5.02 Å². The fourth-order valence-electron chi connectivity index (χ4n) is 1.84. The predicted octanol–water partition coefficient (Wildman–Crippen LogP) is 3.56. The SMILES string of the molecule is CCN(c1cccc(Cl)c1)S(=O)(=O)c1ccccc1. The van der Waals surface area contributed by atoms with Crippen molar-refractivity contribution in [2.24, 2.45) is 0 Å². The van der Waals surface area contributed by atoms with Crippen LogP contribution in [0.15, 0.2) is 59.5 Å². The van der Waals surface area contributed by atoms with Gasteiger partial charge in [-0.1, -0.05) is 35.9 Å². The van der Waals surface area contributed by atoms with Gasteiger partial charge in [-0.3, -0.25) is 4.31 Å². The third-order valence-corrected chi connectivity index (χ3v) is 4.87. The molecule has 3 nitrogen and oxygen atoms in total. The Morgan fingerprint density at radius 2 is 1.74 bits per heavy atom. The van der Waals surface area contributed by atoms with Crippen LogP contribution < -0.4 is 4.31 Å². The molecule has 0 atom stereocenters. The normalized spacial score (nSPS) is 11.3. The minimum Gasteiger partial charge on any atom is -0.267 e. The Balaban J connectivity index is 2.48. The van der Waals surface area contributed by atoms with Crippen LogP contribution in [0.25, 0.3) is 0 Å². The summed E-state index contributed by atoms with van der Waals surface area (Å²) in [4.78, 5) is 0.275. The van der Waals surface area contributed by atoms with Gasteiger partial charge in [-0.2, -0.15) is 0 Å². The molecule has 2 aromatic rings. The Hall–Kier alpha value is -1.52. The lowest BCUT2D eigenvalue weighted by Gasteiger charge is -2.23. The zero-order valence-corrected chi connectivity index (χ0v) is 12.0. The maximum absolute atomic E-state index is 12.6. The van der Waals surface area contributed by atoms with Gasteiger partial charge in [0.25, 0.3) is 10.0 Å². The van der Waals surface area contributed by atoms with Crippen molar-refractivity contribution in [2.75, 3.05) is 10.8 Å². The van der Waals surface area contributed by atoms with Crippen LogP contribution in [-0.4, -0.2) is 15.0 Å². The van der Waals surface area contributed by atoms with E-state index in [2.05, 4.69) is 0 Å². The molecule has 0 bridgehead atoms. The summed E-state index contributed by atoms with van der Waals surface area (Å²) in [5.74, 6) is 0. The van der Waals surface area contributed by atoms with Crippen LogP contribution in [0.1, 0.15) is 6.92 Å². The molecule has 0 N–H and O–H groups in total. The minimum atomic E-state index is -3.55. The minimum absolute atomic E-state index is 0.275. The van der Waals surface area contributed by atoms with Crippen LogP contribution in [0.3, 0.4) is 0 Å². The first-order valence-electron chi connectivity index (χ1n) is 5.89. The maximum atomic E-state index is 12.6. The Morgan fingerprint density at radius 1 is 1.05 bits per heavy atom. The quantitative estimate of drug-likeness (QED) is 0.865. The molecule has 0 aliphatic rings. The van der Waals surface area contributed by atoms with E-state index in [4.69, 9.17) is 11.6 Å². The fourth-order valence-corrected chi connectivity index (χ4v) is 3.51. The summed E-state index contributed by atoms with van der Waals surface area (Å²) < 4.78 is 26.5. The first-order valence-corrected chi connectivity index (χ1v) is 7.71. The van der Waals surface area contributed by atoms with E-state index in [9.17, 15) is 8.42 Å². The van der Waals surface area contributed by atoms with E-state index in [1.807, 2.05) is 0 Å². The van der Waals surface area contributed by atoms with Crippen molar-refractivity contribution in [3.63, 3.8) is 0 Å². The van der Waals surface area contributed by atoms with Crippen molar-refractivity contribution in [1.82, 2.24) is 0 Å². The molecular weight excluding hydrogens is 282 g/mol.